The largest absolute Gasteiger partial charge is 0.466 e. The van der Waals surface area contributed by atoms with E-state index in [1.807, 2.05) is 0 Å². The van der Waals surface area contributed by atoms with Crippen molar-refractivity contribution in [3.63, 3.8) is 0 Å². The maximum atomic E-state index is 11.6. The van der Waals surface area contributed by atoms with Crippen molar-refractivity contribution >= 4 is 17.7 Å². The fraction of sp³-hybridized carbons (Fsp3) is 0.727. The Labute approximate surface area is 100 Å². The van der Waals surface area contributed by atoms with Gasteiger partial charge in [0.05, 0.1) is 19.2 Å². The first-order valence-corrected chi connectivity index (χ1v) is 5.75. The van der Waals surface area contributed by atoms with Crippen molar-refractivity contribution in [3.05, 3.63) is 0 Å². The third-order valence-electron chi connectivity index (χ3n) is 2.72. The minimum Gasteiger partial charge on any atom is -0.466 e. The Morgan fingerprint density at radius 3 is 2.71 bits per heavy atom. The van der Waals surface area contributed by atoms with E-state index in [1.165, 1.54) is 0 Å². The van der Waals surface area contributed by atoms with E-state index in [1.54, 1.807) is 11.8 Å². The number of likely N-dealkylation sites (tertiary alicyclic amines) is 1. The van der Waals surface area contributed by atoms with Gasteiger partial charge in [-0.3, -0.25) is 19.3 Å². The molecular formula is C11H18N2O4. The van der Waals surface area contributed by atoms with Crippen LogP contribution in [0.3, 0.4) is 0 Å². The molecule has 0 aromatic carbocycles. The summed E-state index contributed by atoms with van der Waals surface area (Å²) < 4.78 is 4.68. The Hall–Kier alpha value is -1.43. The molecule has 0 aromatic heterocycles. The second-order valence-corrected chi connectivity index (χ2v) is 4.05. The molecular weight excluding hydrogens is 224 g/mol. The van der Waals surface area contributed by atoms with Crippen LogP contribution in [0.15, 0.2) is 0 Å². The highest BCUT2D eigenvalue weighted by atomic mass is 16.5. The highest BCUT2D eigenvalue weighted by Crippen LogP contribution is 2.16. The lowest BCUT2D eigenvalue weighted by molar-refractivity contribution is -0.145. The Bertz CT molecular complexity index is 317. The molecule has 2 N–H and O–H groups in total. The summed E-state index contributed by atoms with van der Waals surface area (Å²) >= 11 is 0. The van der Waals surface area contributed by atoms with Gasteiger partial charge >= 0.3 is 5.97 Å². The summed E-state index contributed by atoms with van der Waals surface area (Å²) in [5.74, 6) is -1.17. The van der Waals surface area contributed by atoms with E-state index in [2.05, 4.69) is 4.74 Å². The molecule has 0 aliphatic carbocycles. The van der Waals surface area contributed by atoms with Crippen LogP contribution in [0.5, 0.6) is 0 Å². The van der Waals surface area contributed by atoms with Gasteiger partial charge in [0, 0.05) is 0 Å². The Morgan fingerprint density at radius 2 is 2.12 bits per heavy atom. The monoisotopic (exact) mass is 242 g/mol. The van der Waals surface area contributed by atoms with Crippen LogP contribution in [0, 0.1) is 0 Å². The van der Waals surface area contributed by atoms with E-state index in [0.717, 1.165) is 6.42 Å². The van der Waals surface area contributed by atoms with Crippen molar-refractivity contribution in [2.24, 2.45) is 5.73 Å². The van der Waals surface area contributed by atoms with Gasteiger partial charge in [0.1, 0.15) is 6.42 Å². The zero-order chi connectivity index (χ0) is 12.8. The lowest BCUT2D eigenvalue weighted by atomic mass is 10.2. The van der Waals surface area contributed by atoms with E-state index in [0.29, 0.717) is 13.0 Å². The smallest absolute Gasteiger partial charge is 0.313 e. The van der Waals surface area contributed by atoms with Crippen molar-refractivity contribution in [1.82, 2.24) is 4.90 Å². The Kier molecular flexibility index (Phi) is 5.09. The quantitative estimate of drug-likeness (QED) is 0.499. The van der Waals surface area contributed by atoms with Gasteiger partial charge in [0.2, 0.25) is 5.91 Å². The second-order valence-electron chi connectivity index (χ2n) is 4.05. The van der Waals surface area contributed by atoms with Crippen molar-refractivity contribution in [3.8, 4) is 0 Å². The number of amides is 1. The normalized spacial score (nSPS) is 20.2. The predicted molar refractivity (Wildman–Crippen MR) is 60.0 cm³/mol. The average Bonchev–Trinajstić information content (AvgIpc) is 2.65. The van der Waals surface area contributed by atoms with E-state index < -0.39 is 11.9 Å². The fourth-order valence-electron chi connectivity index (χ4n) is 1.99. The van der Waals surface area contributed by atoms with Crippen LogP contribution in [0.4, 0.5) is 0 Å². The number of carbonyl (C=O) groups excluding carboxylic acids is 3. The number of hydrogen-bond donors (Lipinski definition) is 1. The molecule has 1 atom stereocenters. The zero-order valence-electron chi connectivity index (χ0n) is 9.98. The maximum absolute atomic E-state index is 11.6. The van der Waals surface area contributed by atoms with Crippen molar-refractivity contribution < 1.29 is 19.1 Å². The van der Waals surface area contributed by atoms with Gasteiger partial charge in [-0.2, -0.15) is 0 Å². The van der Waals surface area contributed by atoms with Crippen molar-refractivity contribution in [2.45, 2.75) is 32.2 Å². The number of carbonyl (C=O) groups is 3. The predicted octanol–water partition coefficient (Wildman–Crippen LogP) is -0.542. The first-order chi connectivity index (χ1) is 8.04. The third kappa shape index (κ3) is 4.14. The molecule has 0 saturated carbocycles. The molecule has 1 heterocycles. The Morgan fingerprint density at radius 1 is 1.41 bits per heavy atom. The summed E-state index contributed by atoms with van der Waals surface area (Å²) in [5.41, 5.74) is 5.23. The van der Waals surface area contributed by atoms with Gasteiger partial charge in [-0.05, 0) is 26.3 Å². The standard InChI is InChI=1S/C11H18N2O4/c1-2-17-10(15)6-8(14)7-13-5-3-4-9(13)11(12)16/h9H,2-7H2,1H3,(H2,12,16). The third-order valence-corrected chi connectivity index (χ3v) is 2.72. The summed E-state index contributed by atoms with van der Waals surface area (Å²) in [7, 11) is 0. The van der Waals surface area contributed by atoms with E-state index in [-0.39, 0.29) is 31.4 Å². The lowest BCUT2D eigenvalue weighted by Crippen LogP contribution is -2.43. The highest BCUT2D eigenvalue weighted by molar-refractivity contribution is 5.96. The molecule has 0 bridgehead atoms. The van der Waals surface area contributed by atoms with Crippen molar-refractivity contribution in [1.29, 1.82) is 0 Å². The number of hydrogen-bond acceptors (Lipinski definition) is 5. The number of Topliss-reactive ketones (excluding diaryl/α,β-unsaturated/α-hetero) is 1. The summed E-state index contributed by atoms with van der Waals surface area (Å²) in [6, 6.07) is -0.374. The number of primary amides is 1. The first-order valence-electron chi connectivity index (χ1n) is 5.75. The molecule has 96 valence electrons. The molecule has 1 fully saturated rings. The summed E-state index contributed by atoms with van der Waals surface area (Å²) in [4.78, 5) is 35.5. The van der Waals surface area contributed by atoms with Crippen molar-refractivity contribution in [2.75, 3.05) is 19.7 Å². The SMILES string of the molecule is CCOC(=O)CC(=O)CN1CCCC1C(N)=O. The maximum Gasteiger partial charge on any atom is 0.313 e. The fourth-order valence-corrected chi connectivity index (χ4v) is 1.99. The molecule has 0 spiro atoms. The van der Waals surface area contributed by atoms with Crippen LogP contribution < -0.4 is 5.73 Å². The number of ketones is 1. The summed E-state index contributed by atoms with van der Waals surface area (Å²) in [5, 5.41) is 0. The van der Waals surface area contributed by atoms with Crippen LogP contribution in [0.1, 0.15) is 26.2 Å². The van der Waals surface area contributed by atoms with E-state index >= 15 is 0 Å². The van der Waals surface area contributed by atoms with Gasteiger partial charge < -0.3 is 10.5 Å². The van der Waals surface area contributed by atoms with Crippen LogP contribution in [-0.4, -0.2) is 48.3 Å². The zero-order valence-corrected chi connectivity index (χ0v) is 9.98. The topological polar surface area (TPSA) is 89.7 Å². The number of nitrogens with two attached hydrogens (primary N) is 1. The number of rotatable bonds is 6. The molecule has 6 nitrogen and oxygen atoms in total. The van der Waals surface area contributed by atoms with Gasteiger partial charge in [0.15, 0.2) is 5.78 Å². The van der Waals surface area contributed by atoms with Gasteiger partial charge in [-0.25, -0.2) is 0 Å². The Balaban J connectivity index is 2.40. The number of esters is 1. The highest BCUT2D eigenvalue weighted by Gasteiger charge is 2.30. The summed E-state index contributed by atoms with van der Waals surface area (Å²) in [6.07, 6.45) is 1.29. The molecule has 0 aromatic rings. The number of nitrogens with zero attached hydrogens (tertiary/aromatic N) is 1. The van der Waals surface area contributed by atoms with Crippen LogP contribution >= 0.6 is 0 Å². The van der Waals surface area contributed by atoms with Crippen LogP contribution in [0.2, 0.25) is 0 Å². The molecule has 1 aliphatic rings. The van der Waals surface area contributed by atoms with Crippen LogP contribution in [0.25, 0.3) is 0 Å². The minimum absolute atomic E-state index is 0.0897. The molecule has 1 amide bonds. The van der Waals surface area contributed by atoms with E-state index in [4.69, 9.17) is 5.73 Å². The molecule has 1 rings (SSSR count). The minimum atomic E-state index is -0.521. The first kappa shape index (κ1) is 13.6. The summed E-state index contributed by atoms with van der Waals surface area (Å²) in [6.45, 7) is 2.71. The molecule has 1 saturated heterocycles. The average molecular weight is 242 g/mol. The van der Waals surface area contributed by atoms with Gasteiger partial charge in [-0.15, -0.1) is 0 Å². The number of ether oxygens (including phenoxy) is 1. The molecule has 0 radical (unpaired) electrons. The molecule has 6 heteroatoms. The van der Waals surface area contributed by atoms with Crippen LogP contribution in [-0.2, 0) is 19.1 Å². The lowest BCUT2D eigenvalue weighted by Gasteiger charge is -2.20. The van der Waals surface area contributed by atoms with Gasteiger partial charge in [-0.1, -0.05) is 0 Å². The van der Waals surface area contributed by atoms with Gasteiger partial charge in [0.25, 0.3) is 0 Å². The second kappa shape index (κ2) is 6.34. The van der Waals surface area contributed by atoms with E-state index in [9.17, 15) is 14.4 Å². The molecule has 17 heavy (non-hydrogen) atoms. The molecule has 1 unspecified atom stereocenters. The molecule has 1 aliphatic heterocycles.